The molecular formula is C26H34N2O5. The molecule has 1 aliphatic heterocycles. The van der Waals surface area contributed by atoms with Crippen molar-refractivity contribution in [3.05, 3.63) is 88.6 Å². The van der Waals surface area contributed by atoms with Crippen molar-refractivity contribution in [2.45, 2.75) is 47.1 Å². The first-order valence-electron chi connectivity index (χ1n) is 10.6. The fraction of sp³-hybridized carbons (Fsp3) is 0.346. The Morgan fingerprint density at radius 1 is 1.24 bits per heavy atom. The lowest BCUT2D eigenvalue weighted by Gasteiger charge is -2.07. The van der Waals surface area contributed by atoms with Crippen molar-refractivity contribution in [2.75, 3.05) is 13.9 Å². The van der Waals surface area contributed by atoms with E-state index in [0.29, 0.717) is 41.4 Å². The zero-order valence-electron chi connectivity index (χ0n) is 20.3. The maximum Gasteiger partial charge on any atom is 0.270 e. The Morgan fingerprint density at radius 3 is 2.45 bits per heavy atom. The summed E-state index contributed by atoms with van der Waals surface area (Å²) in [5, 5.41) is 3.99. The van der Waals surface area contributed by atoms with Crippen molar-refractivity contribution in [1.82, 2.24) is 9.78 Å². The fourth-order valence-corrected chi connectivity index (χ4v) is 2.46. The normalized spacial score (nSPS) is 10.7. The smallest absolute Gasteiger partial charge is 0.270 e. The second-order valence-corrected chi connectivity index (χ2v) is 7.48. The van der Waals surface area contributed by atoms with Crippen LogP contribution in [0.5, 0.6) is 11.5 Å². The highest BCUT2D eigenvalue weighted by molar-refractivity contribution is 5.98. The average molecular weight is 455 g/mol. The number of benzene rings is 1. The minimum Gasteiger partial charge on any atom is -0.500 e. The van der Waals surface area contributed by atoms with Crippen molar-refractivity contribution in [1.29, 1.82) is 0 Å². The number of Topliss-reactive ketones (excluding diaryl/α,β-unsaturated/α-hetero) is 1. The molecule has 1 aromatic heterocycles. The SMILES string of the molecule is C=C(C)CC(=O)c1ccc2c(c1)OCO2.C=C(Cn1ncc(C)c(C)c1=O)OC.C=CCC. The van der Waals surface area contributed by atoms with E-state index in [1.807, 2.05) is 19.9 Å². The number of nitrogens with zero attached hydrogens (tertiary/aromatic N) is 2. The van der Waals surface area contributed by atoms with Crippen molar-refractivity contribution in [2.24, 2.45) is 0 Å². The lowest BCUT2D eigenvalue weighted by molar-refractivity contribution is 0.0992. The summed E-state index contributed by atoms with van der Waals surface area (Å²) in [5.41, 5.74) is 3.02. The molecular weight excluding hydrogens is 420 g/mol. The molecule has 0 fully saturated rings. The number of methoxy groups -OCH3 is 1. The second-order valence-electron chi connectivity index (χ2n) is 7.48. The zero-order valence-corrected chi connectivity index (χ0v) is 20.3. The third kappa shape index (κ3) is 8.80. The van der Waals surface area contributed by atoms with Crippen LogP contribution in [-0.4, -0.2) is 29.5 Å². The van der Waals surface area contributed by atoms with Crippen molar-refractivity contribution >= 4 is 5.78 Å². The number of allylic oxidation sites excluding steroid dienone is 3. The maximum absolute atomic E-state index is 11.7. The molecule has 7 heteroatoms. The van der Waals surface area contributed by atoms with Gasteiger partial charge < -0.3 is 14.2 Å². The summed E-state index contributed by atoms with van der Waals surface area (Å²) in [6, 6.07) is 5.22. The monoisotopic (exact) mass is 454 g/mol. The van der Waals surface area contributed by atoms with Crippen molar-refractivity contribution in [3.63, 3.8) is 0 Å². The van der Waals surface area contributed by atoms with E-state index in [9.17, 15) is 9.59 Å². The Morgan fingerprint density at radius 2 is 1.88 bits per heavy atom. The van der Waals surface area contributed by atoms with E-state index < -0.39 is 0 Å². The second kappa shape index (κ2) is 13.7. The molecule has 33 heavy (non-hydrogen) atoms. The van der Waals surface area contributed by atoms with Crippen LogP contribution in [0.15, 0.2) is 66.3 Å². The van der Waals surface area contributed by atoms with Gasteiger partial charge in [-0.1, -0.05) is 31.7 Å². The van der Waals surface area contributed by atoms with Gasteiger partial charge in [0.05, 0.1) is 13.3 Å². The molecule has 2 heterocycles. The van der Waals surface area contributed by atoms with E-state index in [2.05, 4.69) is 31.8 Å². The molecule has 0 saturated carbocycles. The number of aromatic nitrogens is 2. The van der Waals surface area contributed by atoms with Gasteiger partial charge in [-0.3, -0.25) is 9.59 Å². The molecule has 0 saturated heterocycles. The summed E-state index contributed by atoms with van der Waals surface area (Å²) in [6.07, 6.45) is 5.00. The van der Waals surface area contributed by atoms with Gasteiger partial charge in [0.15, 0.2) is 17.3 Å². The summed E-state index contributed by atoms with van der Waals surface area (Å²) in [4.78, 5) is 23.3. The summed E-state index contributed by atoms with van der Waals surface area (Å²) in [5.74, 6) is 1.91. The minimum absolute atomic E-state index is 0.0563. The van der Waals surface area contributed by atoms with E-state index in [1.54, 1.807) is 31.3 Å². The van der Waals surface area contributed by atoms with Gasteiger partial charge in [0.2, 0.25) is 6.79 Å². The predicted molar refractivity (Wildman–Crippen MR) is 131 cm³/mol. The van der Waals surface area contributed by atoms with Gasteiger partial charge in [-0.15, -0.1) is 6.58 Å². The number of rotatable bonds is 7. The molecule has 2 aromatic rings. The Hall–Kier alpha value is -3.61. The highest BCUT2D eigenvalue weighted by atomic mass is 16.7. The topological polar surface area (TPSA) is 79.7 Å². The van der Waals surface area contributed by atoms with E-state index in [0.717, 1.165) is 17.6 Å². The highest BCUT2D eigenvalue weighted by Crippen LogP contribution is 2.32. The van der Waals surface area contributed by atoms with Gasteiger partial charge in [-0.05, 0) is 51.0 Å². The van der Waals surface area contributed by atoms with Crippen LogP contribution in [0.3, 0.4) is 0 Å². The van der Waals surface area contributed by atoms with E-state index in [4.69, 9.17) is 14.2 Å². The van der Waals surface area contributed by atoms with Crippen LogP contribution in [0, 0.1) is 13.8 Å². The molecule has 1 aliphatic rings. The molecule has 0 amide bonds. The van der Waals surface area contributed by atoms with Crippen molar-refractivity contribution < 1.29 is 19.0 Å². The van der Waals surface area contributed by atoms with Crippen LogP contribution >= 0.6 is 0 Å². The number of ether oxygens (including phenoxy) is 3. The molecule has 178 valence electrons. The van der Waals surface area contributed by atoms with Gasteiger partial charge in [0.25, 0.3) is 5.56 Å². The Labute approximate surface area is 196 Å². The number of fused-ring (bicyclic) bond motifs is 1. The fourth-order valence-electron chi connectivity index (χ4n) is 2.46. The highest BCUT2D eigenvalue weighted by Gasteiger charge is 2.15. The lowest BCUT2D eigenvalue weighted by Crippen LogP contribution is -2.26. The van der Waals surface area contributed by atoms with Crippen molar-refractivity contribution in [3.8, 4) is 11.5 Å². The van der Waals surface area contributed by atoms with Crippen LogP contribution in [0.1, 0.15) is 48.2 Å². The van der Waals surface area contributed by atoms with Crippen LogP contribution in [-0.2, 0) is 11.3 Å². The number of aryl methyl sites for hydroxylation is 1. The van der Waals surface area contributed by atoms with Crippen LogP contribution in [0.2, 0.25) is 0 Å². The van der Waals surface area contributed by atoms with E-state index >= 15 is 0 Å². The number of hydrogen-bond donors (Lipinski definition) is 0. The number of carbonyl (C=O) groups is 1. The number of hydrogen-bond acceptors (Lipinski definition) is 6. The Kier molecular flexibility index (Phi) is 11.4. The Bertz CT molecular complexity index is 1050. The molecule has 1 aromatic carbocycles. The van der Waals surface area contributed by atoms with Gasteiger partial charge in [-0.2, -0.15) is 5.10 Å². The summed E-state index contributed by atoms with van der Waals surface area (Å²) in [6.45, 7) is 18.9. The first kappa shape index (κ1) is 27.4. The molecule has 7 nitrogen and oxygen atoms in total. The van der Waals surface area contributed by atoms with Gasteiger partial charge in [0.1, 0.15) is 12.3 Å². The first-order chi connectivity index (χ1) is 15.6. The summed E-state index contributed by atoms with van der Waals surface area (Å²) < 4.78 is 16.6. The Balaban J connectivity index is 0.000000285. The maximum atomic E-state index is 11.7. The minimum atomic E-state index is -0.0943. The molecule has 0 aliphatic carbocycles. The first-order valence-corrected chi connectivity index (χ1v) is 10.6. The van der Waals surface area contributed by atoms with E-state index in [1.165, 1.54) is 11.8 Å². The van der Waals surface area contributed by atoms with Crippen LogP contribution in [0.25, 0.3) is 0 Å². The van der Waals surface area contributed by atoms with Crippen LogP contribution < -0.4 is 15.0 Å². The summed E-state index contributed by atoms with van der Waals surface area (Å²) >= 11 is 0. The number of carbonyl (C=O) groups excluding carboxylic acids is 1. The standard InChI is InChI=1S/C12H12O3.C10H14N2O2.C4H8/c1-8(2)5-10(13)9-3-4-11-12(6-9)15-7-14-11;1-7-5-11-12(6-8(2)14-4)10(13)9(7)3;1-3-4-2/h3-4,6H,1,5,7H2,2H3;5H,2,6H2,1,3-4H3;3H,1,4H2,2H3. The number of ketones is 1. The largest absolute Gasteiger partial charge is 0.500 e. The molecule has 0 bridgehead atoms. The molecule has 0 unspecified atom stereocenters. The molecule has 0 N–H and O–H groups in total. The molecule has 3 rings (SSSR count). The quantitative estimate of drug-likeness (QED) is 0.326. The molecule has 0 spiro atoms. The lowest BCUT2D eigenvalue weighted by atomic mass is 10.0. The van der Waals surface area contributed by atoms with Crippen LogP contribution in [0.4, 0.5) is 0 Å². The average Bonchev–Trinajstić information content (AvgIpc) is 3.27. The third-order valence-electron chi connectivity index (χ3n) is 4.60. The zero-order chi connectivity index (χ0) is 25.0. The molecule has 0 atom stereocenters. The van der Waals surface area contributed by atoms with E-state index in [-0.39, 0.29) is 18.1 Å². The van der Waals surface area contributed by atoms with Gasteiger partial charge >= 0.3 is 0 Å². The third-order valence-corrected chi connectivity index (χ3v) is 4.60. The van der Waals surface area contributed by atoms with Gasteiger partial charge in [-0.25, -0.2) is 4.68 Å². The predicted octanol–water partition coefficient (Wildman–Crippen LogP) is 5.17. The van der Waals surface area contributed by atoms with Gasteiger partial charge in [0, 0.05) is 17.5 Å². The molecule has 0 radical (unpaired) electrons. The summed E-state index contributed by atoms with van der Waals surface area (Å²) in [7, 11) is 1.52.